The summed E-state index contributed by atoms with van der Waals surface area (Å²) in [6.07, 6.45) is 0.833. The Bertz CT molecular complexity index is 809. The third-order valence-electron chi connectivity index (χ3n) is 4.21. The smallest absolute Gasteiger partial charge is 0.409 e. The monoisotopic (exact) mass is 385 g/mol. The molecule has 11 heteroatoms. The molecule has 0 aliphatic carbocycles. The minimum Gasteiger partial charge on any atom is -0.482 e. The highest BCUT2D eigenvalue weighted by atomic mass is 19.2. The molecule has 1 aliphatic rings. The molecule has 1 fully saturated rings. The molecule has 1 saturated heterocycles. The molecule has 1 aliphatic heterocycles. The van der Waals surface area contributed by atoms with Gasteiger partial charge in [0.2, 0.25) is 5.82 Å². The fourth-order valence-corrected chi connectivity index (χ4v) is 2.88. The maximum Gasteiger partial charge on any atom is 0.409 e. The molecule has 146 valence electrons. The zero-order valence-electron chi connectivity index (χ0n) is 14.6. The molecule has 0 N–H and O–H groups in total. The van der Waals surface area contributed by atoms with Gasteiger partial charge in [-0.3, -0.25) is 0 Å². The molecule has 3 rings (SSSR count). The van der Waals surface area contributed by atoms with E-state index in [-0.39, 0.29) is 24.6 Å². The minimum absolute atomic E-state index is 0.0848. The molecule has 0 spiro atoms. The number of amides is 1. The Morgan fingerprint density at radius 1 is 1.26 bits per heavy atom. The zero-order chi connectivity index (χ0) is 19.4. The van der Waals surface area contributed by atoms with E-state index in [1.54, 1.807) is 11.8 Å². The number of hydrogen-bond donors (Lipinski definition) is 0. The van der Waals surface area contributed by atoms with Crippen molar-refractivity contribution in [2.75, 3.05) is 19.7 Å². The van der Waals surface area contributed by atoms with Crippen LogP contribution in [0.5, 0.6) is 5.75 Å². The summed E-state index contributed by atoms with van der Waals surface area (Å²) in [6.45, 7) is 2.75. The van der Waals surface area contributed by atoms with E-state index in [4.69, 9.17) is 9.47 Å². The molecule has 0 radical (unpaired) electrons. The van der Waals surface area contributed by atoms with Crippen molar-refractivity contribution in [3.63, 3.8) is 0 Å². The van der Waals surface area contributed by atoms with Gasteiger partial charge in [0.15, 0.2) is 17.4 Å². The molecule has 2 aromatic rings. The summed E-state index contributed by atoms with van der Waals surface area (Å²) in [4.78, 5) is 13.3. The molecule has 1 aromatic heterocycles. The number of ether oxygens (including phenoxy) is 2. The van der Waals surface area contributed by atoms with E-state index in [1.807, 2.05) is 0 Å². The Morgan fingerprint density at radius 3 is 2.70 bits per heavy atom. The second-order valence-electron chi connectivity index (χ2n) is 5.95. The molecular weight excluding hydrogens is 367 g/mol. The maximum atomic E-state index is 13.7. The average molecular weight is 385 g/mol. The Kier molecular flexibility index (Phi) is 5.77. The molecule has 0 bridgehead atoms. The van der Waals surface area contributed by atoms with Gasteiger partial charge >= 0.3 is 6.09 Å². The third kappa shape index (κ3) is 4.29. The lowest BCUT2D eigenvalue weighted by molar-refractivity contribution is 0.0906. The molecule has 1 amide bonds. The SMILES string of the molecule is CCOC(=O)N1CCC(n2nnnc2COc2cc(F)cc(F)c2F)CC1. The summed E-state index contributed by atoms with van der Waals surface area (Å²) in [5.74, 6) is -3.84. The first-order valence-corrected chi connectivity index (χ1v) is 8.45. The topological polar surface area (TPSA) is 82.4 Å². The lowest BCUT2D eigenvalue weighted by atomic mass is 10.1. The Morgan fingerprint density at radius 2 is 2.00 bits per heavy atom. The first kappa shape index (κ1) is 18.9. The number of likely N-dealkylation sites (tertiary alicyclic amines) is 1. The van der Waals surface area contributed by atoms with E-state index in [0.29, 0.717) is 38.6 Å². The van der Waals surface area contributed by atoms with Crippen molar-refractivity contribution >= 4 is 6.09 Å². The van der Waals surface area contributed by atoms with Crippen molar-refractivity contribution in [3.05, 3.63) is 35.4 Å². The van der Waals surface area contributed by atoms with Crippen molar-refractivity contribution in [2.45, 2.75) is 32.4 Å². The van der Waals surface area contributed by atoms with Crippen molar-refractivity contribution in [1.82, 2.24) is 25.1 Å². The second-order valence-corrected chi connectivity index (χ2v) is 5.95. The van der Waals surface area contributed by atoms with Crippen LogP contribution < -0.4 is 4.74 Å². The summed E-state index contributed by atoms with van der Waals surface area (Å²) in [7, 11) is 0. The Labute approximate surface area is 152 Å². The molecule has 2 heterocycles. The fourth-order valence-electron chi connectivity index (χ4n) is 2.88. The number of tetrazole rings is 1. The largest absolute Gasteiger partial charge is 0.482 e. The standard InChI is InChI=1S/C16H18F3N5O3/c1-2-26-16(25)23-5-3-11(4-6-23)24-14(20-21-22-24)9-27-13-8-10(17)7-12(18)15(13)19/h7-8,11H,2-6,9H2,1H3. The Hall–Kier alpha value is -2.85. The second kappa shape index (κ2) is 8.23. The summed E-state index contributed by atoms with van der Waals surface area (Å²) < 4.78 is 51.8. The lowest BCUT2D eigenvalue weighted by Gasteiger charge is -2.31. The van der Waals surface area contributed by atoms with Crippen LogP contribution in [-0.4, -0.2) is 50.9 Å². The number of benzene rings is 1. The van der Waals surface area contributed by atoms with E-state index in [1.165, 1.54) is 4.68 Å². The molecule has 8 nitrogen and oxygen atoms in total. The summed E-state index contributed by atoms with van der Waals surface area (Å²) >= 11 is 0. The average Bonchev–Trinajstić information content (AvgIpc) is 3.12. The van der Waals surface area contributed by atoms with Gasteiger partial charge in [0.05, 0.1) is 12.6 Å². The van der Waals surface area contributed by atoms with Gasteiger partial charge in [-0.05, 0) is 30.2 Å². The van der Waals surface area contributed by atoms with E-state index < -0.39 is 23.2 Å². The van der Waals surface area contributed by atoms with E-state index in [2.05, 4.69) is 15.5 Å². The van der Waals surface area contributed by atoms with Crippen LogP contribution >= 0.6 is 0 Å². The molecule has 0 saturated carbocycles. The maximum absolute atomic E-state index is 13.7. The van der Waals surface area contributed by atoms with Crippen molar-refractivity contribution in [1.29, 1.82) is 0 Å². The van der Waals surface area contributed by atoms with E-state index in [0.717, 1.165) is 6.07 Å². The van der Waals surface area contributed by atoms with Crippen molar-refractivity contribution in [3.8, 4) is 5.75 Å². The Balaban J connectivity index is 1.63. The van der Waals surface area contributed by atoms with Crippen LogP contribution in [0, 0.1) is 17.5 Å². The highest BCUT2D eigenvalue weighted by Crippen LogP contribution is 2.25. The highest BCUT2D eigenvalue weighted by Gasteiger charge is 2.27. The van der Waals surface area contributed by atoms with Crippen LogP contribution in [0.1, 0.15) is 31.6 Å². The normalized spacial score (nSPS) is 15.0. The van der Waals surface area contributed by atoms with Gasteiger partial charge < -0.3 is 14.4 Å². The van der Waals surface area contributed by atoms with Crippen LogP contribution in [0.4, 0.5) is 18.0 Å². The van der Waals surface area contributed by atoms with Gasteiger partial charge in [0.25, 0.3) is 0 Å². The molecular formula is C16H18F3N5O3. The summed E-state index contributed by atoms with van der Waals surface area (Å²) in [6, 6.07) is 1.10. The number of halogens is 3. The van der Waals surface area contributed by atoms with Crippen LogP contribution in [0.25, 0.3) is 0 Å². The van der Waals surface area contributed by atoms with E-state index in [9.17, 15) is 18.0 Å². The molecule has 0 unspecified atom stereocenters. The summed E-state index contributed by atoms with van der Waals surface area (Å²) in [5, 5.41) is 11.3. The number of hydrogen-bond acceptors (Lipinski definition) is 6. The zero-order valence-corrected chi connectivity index (χ0v) is 14.6. The number of piperidine rings is 1. The van der Waals surface area contributed by atoms with Gasteiger partial charge in [0, 0.05) is 25.2 Å². The first-order valence-electron chi connectivity index (χ1n) is 8.45. The van der Waals surface area contributed by atoms with Gasteiger partial charge in [-0.1, -0.05) is 0 Å². The molecule has 27 heavy (non-hydrogen) atoms. The van der Waals surface area contributed by atoms with Crippen LogP contribution in [0.3, 0.4) is 0 Å². The van der Waals surface area contributed by atoms with Gasteiger partial charge in [-0.15, -0.1) is 5.10 Å². The minimum atomic E-state index is -1.34. The predicted molar refractivity (Wildman–Crippen MR) is 85.3 cm³/mol. The van der Waals surface area contributed by atoms with Crippen LogP contribution in [0.2, 0.25) is 0 Å². The molecule has 1 aromatic carbocycles. The number of aromatic nitrogens is 4. The quantitative estimate of drug-likeness (QED) is 0.736. The van der Waals surface area contributed by atoms with Gasteiger partial charge in [0.1, 0.15) is 12.4 Å². The fraction of sp³-hybridized carbons (Fsp3) is 0.500. The van der Waals surface area contributed by atoms with Gasteiger partial charge in [-0.2, -0.15) is 4.39 Å². The highest BCUT2D eigenvalue weighted by molar-refractivity contribution is 5.67. The molecule has 0 atom stereocenters. The van der Waals surface area contributed by atoms with Crippen LogP contribution in [-0.2, 0) is 11.3 Å². The van der Waals surface area contributed by atoms with Crippen molar-refractivity contribution in [2.24, 2.45) is 0 Å². The lowest BCUT2D eigenvalue weighted by Crippen LogP contribution is -2.39. The van der Waals surface area contributed by atoms with Crippen LogP contribution in [0.15, 0.2) is 12.1 Å². The number of carbonyl (C=O) groups is 1. The predicted octanol–water partition coefficient (Wildman–Crippen LogP) is 2.46. The number of rotatable bonds is 5. The first-order chi connectivity index (χ1) is 13.0. The van der Waals surface area contributed by atoms with Crippen molar-refractivity contribution < 1.29 is 27.4 Å². The third-order valence-corrected chi connectivity index (χ3v) is 4.21. The van der Waals surface area contributed by atoms with E-state index >= 15 is 0 Å². The number of carbonyl (C=O) groups excluding carboxylic acids is 1. The van der Waals surface area contributed by atoms with Gasteiger partial charge in [-0.25, -0.2) is 18.3 Å². The number of nitrogens with zero attached hydrogens (tertiary/aromatic N) is 5. The summed E-state index contributed by atoms with van der Waals surface area (Å²) in [5.41, 5.74) is 0.